The van der Waals surface area contributed by atoms with Crippen LogP contribution in [0.15, 0.2) is 30.3 Å². The molecule has 124 valence electrons. The average Bonchev–Trinajstić information content (AvgIpc) is 2.45. The molecule has 0 saturated heterocycles. The van der Waals surface area contributed by atoms with E-state index in [0.717, 1.165) is 25.9 Å². The minimum Gasteiger partial charge on any atom is -0.417 e. The molecule has 1 aromatic rings. The summed E-state index contributed by atoms with van der Waals surface area (Å²) in [6.45, 7) is 12.2. The third-order valence-electron chi connectivity index (χ3n) is 5.65. The fourth-order valence-corrected chi connectivity index (χ4v) is 4.21. The number of benzene rings is 1. The van der Waals surface area contributed by atoms with Gasteiger partial charge >= 0.3 is 0 Å². The minimum absolute atomic E-state index is 0.222. The lowest BCUT2D eigenvalue weighted by Gasteiger charge is -2.41. The highest BCUT2D eigenvalue weighted by molar-refractivity contribution is 6.74. The lowest BCUT2D eigenvalue weighted by Crippen LogP contribution is -2.43. The maximum Gasteiger partial charge on any atom is 0.191 e. The van der Waals surface area contributed by atoms with Crippen LogP contribution in [0.3, 0.4) is 0 Å². The summed E-state index contributed by atoms with van der Waals surface area (Å²) >= 11 is 0. The number of hydrogen-bond donors (Lipinski definition) is 1. The first kappa shape index (κ1) is 17.7. The van der Waals surface area contributed by atoms with Crippen molar-refractivity contribution < 1.29 is 9.53 Å². The fraction of sp³-hybridized carbons (Fsp3) is 0.684. The Kier molecular flexibility index (Phi) is 5.52. The van der Waals surface area contributed by atoms with Crippen LogP contribution in [0.1, 0.15) is 51.5 Å². The Bertz CT molecular complexity index is 464. The highest BCUT2D eigenvalue weighted by Crippen LogP contribution is 2.41. The standard InChI is InChI=1S/C19H32O2Si/c1-19(2,3)22(4,5)21-14-16-12-9-13-17(20)18(16)15-10-7-6-8-11-15/h6-8,10-11,16-18,20H,9,12-14H2,1-5H3/t16-,17-,18-/m1/s1. The lowest BCUT2D eigenvalue weighted by atomic mass is 9.74. The Balaban J connectivity index is 2.11. The zero-order chi connectivity index (χ0) is 16.4. The van der Waals surface area contributed by atoms with E-state index in [4.69, 9.17) is 4.43 Å². The first-order valence-electron chi connectivity index (χ1n) is 8.59. The van der Waals surface area contributed by atoms with Crippen LogP contribution in [0.25, 0.3) is 0 Å². The van der Waals surface area contributed by atoms with Crippen LogP contribution in [0.4, 0.5) is 0 Å². The van der Waals surface area contributed by atoms with Crippen LogP contribution < -0.4 is 0 Å². The van der Waals surface area contributed by atoms with Gasteiger partial charge in [-0.05, 0) is 42.5 Å². The minimum atomic E-state index is -1.72. The summed E-state index contributed by atoms with van der Waals surface area (Å²) in [4.78, 5) is 0. The fourth-order valence-electron chi connectivity index (χ4n) is 3.15. The summed E-state index contributed by atoms with van der Waals surface area (Å²) in [6, 6.07) is 10.5. The van der Waals surface area contributed by atoms with Gasteiger partial charge < -0.3 is 9.53 Å². The van der Waals surface area contributed by atoms with Crippen molar-refractivity contribution in [1.82, 2.24) is 0 Å². The summed E-state index contributed by atoms with van der Waals surface area (Å²) < 4.78 is 6.46. The zero-order valence-electron chi connectivity index (χ0n) is 14.8. The van der Waals surface area contributed by atoms with Crippen molar-refractivity contribution in [2.45, 2.75) is 70.2 Å². The lowest BCUT2D eigenvalue weighted by molar-refractivity contribution is 0.0515. The van der Waals surface area contributed by atoms with E-state index in [2.05, 4.69) is 58.1 Å². The Hall–Kier alpha value is -0.643. The van der Waals surface area contributed by atoms with Crippen molar-refractivity contribution in [2.24, 2.45) is 5.92 Å². The Morgan fingerprint density at radius 2 is 1.77 bits per heavy atom. The molecule has 1 aromatic carbocycles. The van der Waals surface area contributed by atoms with E-state index in [0.29, 0.717) is 5.92 Å². The molecule has 0 aliphatic heterocycles. The van der Waals surface area contributed by atoms with Gasteiger partial charge in [0, 0.05) is 12.5 Å². The molecule has 3 heteroatoms. The van der Waals surface area contributed by atoms with Crippen LogP contribution in [0.2, 0.25) is 18.1 Å². The molecule has 22 heavy (non-hydrogen) atoms. The molecule has 0 radical (unpaired) electrons. The topological polar surface area (TPSA) is 29.5 Å². The van der Waals surface area contributed by atoms with Gasteiger partial charge in [-0.3, -0.25) is 0 Å². The van der Waals surface area contributed by atoms with E-state index in [-0.39, 0.29) is 17.1 Å². The average molecular weight is 321 g/mol. The molecule has 1 saturated carbocycles. The molecule has 2 nitrogen and oxygen atoms in total. The van der Waals surface area contributed by atoms with Gasteiger partial charge in [-0.2, -0.15) is 0 Å². The van der Waals surface area contributed by atoms with Crippen molar-refractivity contribution in [3.63, 3.8) is 0 Å². The monoisotopic (exact) mass is 320 g/mol. The Morgan fingerprint density at radius 3 is 2.36 bits per heavy atom. The van der Waals surface area contributed by atoms with Gasteiger partial charge in [0.1, 0.15) is 0 Å². The normalized spacial score (nSPS) is 26.9. The quantitative estimate of drug-likeness (QED) is 0.795. The van der Waals surface area contributed by atoms with Crippen LogP contribution in [0, 0.1) is 5.92 Å². The molecule has 1 aliphatic rings. The predicted octanol–water partition coefficient (Wildman–Crippen LogP) is 4.95. The summed E-state index contributed by atoms with van der Waals surface area (Å²) in [7, 11) is -1.72. The zero-order valence-corrected chi connectivity index (χ0v) is 15.8. The van der Waals surface area contributed by atoms with Crippen molar-refractivity contribution in [3.05, 3.63) is 35.9 Å². The van der Waals surface area contributed by atoms with Crippen molar-refractivity contribution in [3.8, 4) is 0 Å². The molecular weight excluding hydrogens is 288 g/mol. The van der Waals surface area contributed by atoms with Crippen molar-refractivity contribution in [2.75, 3.05) is 6.61 Å². The molecule has 3 atom stereocenters. The molecule has 0 aromatic heterocycles. The molecule has 0 spiro atoms. The second-order valence-electron chi connectivity index (χ2n) is 8.27. The third-order valence-corrected chi connectivity index (χ3v) is 10.1. The second-order valence-corrected chi connectivity index (χ2v) is 13.1. The molecule has 0 heterocycles. The number of hydrogen-bond acceptors (Lipinski definition) is 2. The molecule has 0 unspecified atom stereocenters. The van der Waals surface area contributed by atoms with Gasteiger partial charge in [0.2, 0.25) is 0 Å². The van der Waals surface area contributed by atoms with Crippen LogP contribution in [-0.2, 0) is 4.43 Å². The van der Waals surface area contributed by atoms with E-state index < -0.39 is 8.32 Å². The third kappa shape index (κ3) is 4.00. The van der Waals surface area contributed by atoms with Crippen molar-refractivity contribution >= 4 is 8.32 Å². The SMILES string of the molecule is CC(C)(C)[Si](C)(C)OC[C@H]1CCC[C@@H](O)[C@@H]1c1ccccc1. The van der Waals surface area contributed by atoms with Crippen molar-refractivity contribution in [1.29, 1.82) is 0 Å². The molecule has 1 fully saturated rings. The molecule has 0 amide bonds. The van der Waals surface area contributed by atoms with Gasteiger partial charge in [0.25, 0.3) is 0 Å². The number of aliphatic hydroxyl groups excluding tert-OH is 1. The molecular formula is C19H32O2Si. The molecule has 1 N–H and O–H groups in total. The van der Waals surface area contributed by atoms with Gasteiger partial charge in [-0.25, -0.2) is 0 Å². The molecule has 2 rings (SSSR count). The van der Waals surface area contributed by atoms with E-state index in [1.54, 1.807) is 0 Å². The highest BCUT2D eigenvalue weighted by Gasteiger charge is 2.40. The highest BCUT2D eigenvalue weighted by atomic mass is 28.4. The van der Waals surface area contributed by atoms with Crippen LogP contribution in [0.5, 0.6) is 0 Å². The second kappa shape index (κ2) is 6.86. The maximum absolute atomic E-state index is 10.5. The Labute approximate surface area is 137 Å². The summed E-state index contributed by atoms with van der Waals surface area (Å²) in [5, 5.41) is 10.8. The van der Waals surface area contributed by atoms with E-state index in [1.807, 2.05) is 6.07 Å². The first-order valence-corrected chi connectivity index (χ1v) is 11.5. The number of aliphatic hydroxyl groups is 1. The van der Waals surface area contributed by atoms with E-state index >= 15 is 0 Å². The smallest absolute Gasteiger partial charge is 0.191 e. The maximum atomic E-state index is 10.5. The molecule has 0 bridgehead atoms. The first-order chi connectivity index (χ1) is 10.2. The van der Waals surface area contributed by atoms with Crippen LogP contribution in [-0.4, -0.2) is 26.1 Å². The van der Waals surface area contributed by atoms with Gasteiger partial charge in [0.05, 0.1) is 6.10 Å². The van der Waals surface area contributed by atoms with E-state index in [1.165, 1.54) is 5.56 Å². The van der Waals surface area contributed by atoms with Gasteiger partial charge in [-0.15, -0.1) is 0 Å². The van der Waals surface area contributed by atoms with Crippen LogP contribution >= 0.6 is 0 Å². The molecule has 1 aliphatic carbocycles. The van der Waals surface area contributed by atoms with E-state index in [9.17, 15) is 5.11 Å². The predicted molar refractivity (Wildman–Crippen MR) is 95.7 cm³/mol. The summed E-state index contributed by atoms with van der Waals surface area (Å²) in [5.41, 5.74) is 1.26. The largest absolute Gasteiger partial charge is 0.417 e. The summed E-state index contributed by atoms with van der Waals surface area (Å²) in [5.74, 6) is 0.653. The summed E-state index contributed by atoms with van der Waals surface area (Å²) in [6.07, 6.45) is 2.95. The van der Waals surface area contributed by atoms with Gasteiger partial charge in [-0.1, -0.05) is 57.5 Å². The number of rotatable bonds is 4. The van der Waals surface area contributed by atoms with Gasteiger partial charge in [0.15, 0.2) is 8.32 Å². The Morgan fingerprint density at radius 1 is 1.14 bits per heavy atom.